The van der Waals surface area contributed by atoms with Crippen LogP contribution in [-0.2, 0) is 9.59 Å². The van der Waals surface area contributed by atoms with E-state index in [1.54, 1.807) is 26.8 Å². The molecule has 1 aromatic carbocycles. The predicted octanol–water partition coefficient (Wildman–Crippen LogP) is 3.65. The molecule has 0 aliphatic carbocycles. The lowest BCUT2D eigenvalue weighted by Gasteiger charge is -2.29. The number of amides is 1. The van der Waals surface area contributed by atoms with Gasteiger partial charge < -0.3 is 10.4 Å². The van der Waals surface area contributed by atoms with Gasteiger partial charge in [0.2, 0.25) is 5.91 Å². The van der Waals surface area contributed by atoms with Crippen molar-refractivity contribution in [3.05, 3.63) is 34.9 Å². The number of carboxylic acids is 1. The zero-order valence-corrected chi connectivity index (χ0v) is 13.6. The molecule has 0 spiro atoms. The lowest BCUT2D eigenvalue weighted by molar-refractivity contribution is -0.153. The molecule has 2 N–H and O–H groups in total. The maximum atomic E-state index is 12.1. The third-order valence-electron chi connectivity index (χ3n) is 4.04. The highest BCUT2D eigenvalue weighted by Crippen LogP contribution is 2.32. The Labute approximate surface area is 130 Å². The molecule has 21 heavy (non-hydrogen) atoms. The fourth-order valence-corrected chi connectivity index (χ4v) is 2.36. The number of carboxylic acid groups (broad SMARTS) is 1. The minimum Gasteiger partial charge on any atom is -0.481 e. The van der Waals surface area contributed by atoms with Crippen molar-refractivity contribution in [1.29, 1.82) is 0 Å². The third-order valence-corrected chi connectivity index (χ3v) is 4.38. The molecule has 0 aliphatic heterocycles. The number of benzene rings is 1. The quantitative estimate of drug-likeness (QED) is 0.842. The number of carbonyl (C=O) groups excluding carboxylic acids is 1. The summed E-state index contributed by atoms with van der Waals surface area (Å²) >= 11 is 6.09. The van der Waals surface area contributed by atoms with E-state index in [-0.39, 0.29) is 24.3 Å². The second-order valence-corrected chi connectivity index (χ2v) is 6.27. The smallest absolute Gasteiger partial charge is 0.310 e. The van der Waals surface area contributed by atoms with Crippen molar-refractivity contribution in [2.45, 2.75) is 40.2 Å². The summed E-state index contributed by atoms with van der Waals surface area (Å²) in [6, 6.07) is 7.00. The summed E-state index contributed by atoms with van der Waals surface area (Å²) < 4.78 is 0. The molecule has 5 heteroatoms. The molecule has 0 heterocycles. The van der Waals surface area contributed by atoms with Crippen LogP contribution in [0.15, 0.2) is 24.3 Å². The lowest BCUT2D eigenvalue weighted by atomic mass is 9.76. The summed E-state index contributed by atoms with van der Waals surface area (Å²) in [7, 11) is 0. The normalized spacial score (nSPS) is 15.3. The maximum absolute atomic E-state index is 12.1. The number of nitrogens with one attached hydrogen (secondary N) is 1. The van der Waals surface area contributed by atoms with E-state index < -0.39 is 11.4 Å². The maximum Gasteiger partial charge on any atom is 0.310 e. The fraction of sp³-hybridized carbons (Fsp3) is 0.500. The number of carbonyl (C=O) groups is 2. The van der Waals surface area contributed by atoms with Crippen molar-refractivity contribution in [1.82, 2.24) is 5.32 Å². The predicted molar refractivity (Wildman–Crippen MR) is 83.2 cm³/mol. The number of halogens is 1. The van der Waals surface area contributed by atoms with Gasteiger partial charge in [-0.1, -0.05) is 43.6 Å². The highest BCUT2D eigenvalue weighted by atomic mass is 35.5. The van der Waals surface area contributed by atoms with Gasteiger partial charge in [-0.25, -0.2) is 0 Å². The van der Waals surface area contributed by atoms with Crippen LogP contribution >= 0.6 is 11.6 Å². The van der Waals surface area contributed by atoms with Crippen molar-refractivity contribution in [3.63, 3.8) is 0 Å². The Kier molecular flexibility index (Phi) is 5.78. The number of hydrogen-bond donors (Lipinski definition) is 2. The summed E-state index contributed by atoms with van der Waals surface area (Å²) in [6.45, 7) is 7.03. The van der Waals surface area contributed by atoms with Crippen LogP contribution in [0.4, 0.5) is 0 Å². The second-order valence-electron chi connectivity index (χ2n) is 5.86. The zero-order chi connectivity index (χ0) is 16.2. The Morgan fingerprint density at radius 3 is 2.33 bits per heavy atom. The Morgan fingerprint density at radius 2 is 1.86 bits per heavy atom. The summed E-state index contributed by atoms with van der Waals surface area (Å²) in [5.41, 5.74) is -0.265. The van der Waals surface area contributed by atoms with E-state index in [9.17, 15) is 14.7 Å². The monoisotopic (exact) mass is 311 g/mol. The van der Waals surface area contributed by atoms with Gasteiger partial charge in [-0.15, -0.1) is 0 Å². The first-order chi connectivity index (χ1) is 9.68. The molecular weight excluding hydrogens is 290 g/mol. The average Bonchev–Trinajstić information content (AvgIpc) is 2.38. The van der Waals surface area contributed by atoms with E-state index in [0.717, 1.165) is 5.56 Å². The Balaban J connectivity index is 2.78. The van der Waals surface area contributed by atoms with Gasteiger partial charge in [0.15, 0.2) is 0 Å². The average molecular weight is 312 g/mol. The molecule has 2 atom stereocenters. The molecule has 0 saturated carbocycles. The minimum atomic E-state index is -1.08. The molecule has 116 valence electrons. The molecule has 0 aromatic heterocycles. The third kappa shape index (κ3) is 4.21. The molecular formula is C16H22ClNO3. The van der Waals surface area contributed by atoms with Crippen molar-refractivity contribution in [3.8, 4) is 0 Å². The van der Waals surface area contributed by atoms with E-state index in [4.69, 9.17) is 11.6 Å². The highest BCUT2D eigenvalue weighted by Gasteiger charge is 2.39. The zero-order valence-electron chi connectivity index (χ0n) is 12.8. The Bertz CT molecular complexity index is 530. The topological polar surface area (TPSA) is 66.4 Å². The van der Waals surface area contributed by atoms with E-state index in [1.807, 2.05) is 25.1 Å². The first-order valence-corrected chi connectivity index (χ1v) is 7.33. The molecule has 0 aliphatic rings. The Hall–Kier alpha value is -1.55. The van der Waals surface area contributed by atoms with Crippen LogP contribution in [0.3, 0.4) is 0 Å². The highest BCUT2D eigenvalue weighted by molar-refractivity contribution is 6.31. The number of hydrogen-bond acceptors (Lipinski definition) is 2. The molecule has 1 unspecified atom stereocenters. The number of aliphatic carboxylic acids is 1. The van der Waals surface area contributed by atoms with Gasteiger partial charge in [-0.3, -0.25) is 9.59 Å². The van der Waals surface area contributed by atoms with Crippen LogP contribution in [-0.4, -0.2) is 17.0 Å². The van der Waals surface area contributed by atoms with E-state index in [2.05, 4.69) is 5.32 Å². The molecule has 0 bridgehead atoms. The van der Waals surface area contributed by atoms with Crippen molar-refractivity contribution in [2.75, 3.05) is 0 Å². The summed E-state index contributed by atoms with van der Waals surface area (Å²) in [5, 5.41) is 12.7. The first kappa shape index (κ1) is 17.5. The van der Waals surface area contributed by atoms with Gasteiger partial charge in [0.25, 0.3) is 0 Å². The molecule has 0 fully saturated rings. The van der Waals surface area contributed by atoms with E-state index >= 15 is 0 Å². The summed E-state index contributed by atoms with van der Waals surface area (Å²) in [6.07, 6.45) is -0.0607. The number of rotatable bonds is 6. The van der Waals surface area contributed by atoms with Gasteiger partial charge in [0, 0.05) is 11.4 Å². The van der Waals surface area contributed by atoms with Gasteiger partial charge in [0.1, 0.15) is 0 Å². The molecule has 0 radical (unpaired) electrons. The van der Waals surface area contributed by atoms with Crippen LogP contribution in [0.25, 0.3) is 0 Å². The molecule has 1 rings (SSSR count). The van der Waals surface area contributed by atoms with Crippen LogP contribution in [0.1, 0.15) is 45.7 Å². The molecule has 0 saturated heterocycles. The SMILES string of the molecule is CC(C)C(C)(CC(=O)N[C@H](C)c1ccccc1Cl)C(=O)O. The van der Waals surface area contributed by atoms with Crippen LogP contribution in [0.2, 0.25) is 5.02 Å². The van der Waals surface area contributed by atoms with Crippen molar-refractivity contribution >= 4 is 23.5 Å². The lowest BCUT2D eigenvalue weighted by Crippen LogP contribution is -2.39. The largest absolute Gasteiger partial charge is 0.481 e. The van der Waals surface area contributed by atoms with Crippen LogP contribution in [0.5, 0.6) is 0 Å². The van der Waals surface area contributed by atoms with Crippen LogP contribution in [0, 0.1) is 11.3 Å². The molecule has 1 aromatic rings. The van der Waals surface area contributed by atoms with Crippen molar-refractivity contribution in [2.24, 2.45) is 11.3 Å². The van der Waals surface area contributed by atoms with Gasteiger partial charge in [-0.05, 0) is 31.4 Å². The molecule has 4 nitrogen and oxygen atoms in total. The standard InChI is InChI=1S/C16H22ClNO3/c1-10(2)16(4,15(20)21)9-14(19)18-11(3)12-7-5-6-8-13(12)17/h5-8,10-11H,9H2,1-4H3,(H,18,19)(H,20,21)/t11-,16?/m1/s1. The first-order valence-electron chi connectivity index (χ1n) is 6.95. The van der Waals surface area contributed by atoms with Gasteiger partial charge in [0.05, 0.1) is 11.5 Å². The van der Waals surface area contributed by atoms with E-state index in [1.165, 1.54) is 0 Å². The van der Waals surface area contributed by atoms with Crippen molar-refractivity contribution < 1.29 is 14.7 Å². The Morgan fingerprint density at radius 1 is 1.29 bits per heavy atom. The summed E-state index contributed by atoms with van der Waals surface area (Å²) in [4.78, 5) is 23.6. The molecule has 1 amide bonds. The fourth-order valence-electron chi connectivity index (χ4n) is 2.06. The van der Waals surface area contributed by atoms with Gasteiger partial charge in [-0.2, -0.15) is 0 Å². The minimum absolute atomic E-state index is 0.0607. The summed E-state index contributed by atoms with van der Waals surface area (Å²) in [5.74, 6) is -1.39. The second kappa shape index (κ2) is 6.94. The van der Waals surface area contributed by atoms with E-state index in [0.29, 0.717) is 5.02 Å². The van der Waals surface area contributed by atoms with Crippen LogP contribution < -0.4 is 5.32 Å². The van der Waals surface area contributed by atoms with Gasteiger partial charge >= 0.3 is 5.97 Å².